The van der Waals surface area contributed by atoms with E-state index in [-0.39, 0.29) is 29.2 Å². The Morgan fingerprint density at radius 1 is 0.953 bits per heavy atom. The van der Waals surface area contributed by atoms with E-state index in [2.05, 4.69) is 26.2 Å². The highest BCUT2D eigenvalue weighted by Gasteiger charge is 2.29. The summed E-state index contributed by atoms with van der Waals surface area (Å²) < 4.78 is 36.0. The van der Waals surface area contributed by atoms with Crippen molar-refractivity contribution in [3.05, 3.63) is 78.0 Å². The first-order valence-electron chi connectivity index (χ1n) is 15.1. The fourth-order valence-electron chi connectivity index (χ4n) is 5.90. The molecular formula is C33H42N4O5S. The minimum Gasteiger partial charge on any atom is -0.495 e. The largest absolute Gasteiger partial charge is 0.495 e. The van der Waals surface area contributed by atoms with Crippen molar-refractivity contribution >= 4 is 27.5 Å². The molecule has 2 heterocycles. The molecular weight excluding hydrogens is 564 g/mol. The van der Waals surface area contributed by atoms with Crippen molar-refractivity contribution in [2.24, 2.45) is 11.8 Å². The molecule has 2 aromatic carbocycles. The number of aryl methyl sites for hydroxylation is 1. The maximum Gasteiger partial charge on any atom is 0.296 e. The Bertz CT molecular complexity index is 1460. The maximum absolute atomic E-state index is 13.2. The summed E-state index contributed by atoms with van der Waals surface area (Å²) in [5.41, 5.74) is 3.16. The molecule has 1 N–H and O–H groups in total. The van der Waals surface area contributed by atoms with E-state index in [1.54, 1.807) is 37.6 Å². The quantitative estimate of drug-likeness (QED) is 0.307. The number of nitrogens with one attached hydrogen (secondary N) is 1. The van der Waals surface area contributed by atoms with Crippen LogP contribution in [0.25, 0.3) is 0 Å². The predicted octanol–water partition coefficient (Wildman–Crippen LogP) is 4.91. The van der Waals surface area contributed by atoms with Gasteiger partial charge in [-0.15, -0.1) is 0 Å². The first-order valence-corrected chi connectivity index (χ1v) is 16.5. The molecule has 1 saturated heterocycles. The number of methoxy groups -OCH3 is 1. The standard InChI is InChI=1S/C33H42N4O5S/c1-25-9-15-29(16-10-25)43(39,40)42-24-26-11-13-28(14-12-26)33(38)35-32-27(6-5-18-34-32)17-19-36-20-22-37(23-21-36)30-7-3-4-8-31(30)41-2/h3-10,15-16,18,26,28H,11-14,17,19-24H2,1-2H3,(H,34,35,38). The van der Waals surface area contributed by atoms with Gasteiger partial charge in [0.2, 0.25) is 5.91 Å². The van der Waals surface area contributed by atoms with Crippen LogP contribution in [0, 0.1) is 18.8 Å². The molecule has 2 fully saturated rings. The summed E-state index contributed by atoms with van der Waals surface area (Å²) in [6.45, 7) is 6.73. The Kier molecular flexibility index (Phi) is 10.3. The van der Waals surface area contributed by atoms with Crippen molar-refractivity contribution < 1.29 is 22.1 Å². The molecule has 0 bridgehead atoms. The minimum absolute atomic E-state index is 0.0167. The molecule has 3 aromatic rings. The van der Waals surface area contributed by atoms with Crippen LogP contribution in [0.3, 0.4) is 0 Å². The highest BCUT2D eigenvalue weighted by atomic mass is 32.2. The third kappa shape index (κ3) is 8.13. The molecule has 0 radical (unpaired) electrons. The number of carbonyl (C=O) groups excluding carboxylic acids is 1. The Morgan fingerprint density at radius 2 is 1.67 bits per heavy atom. The van der Waals surface area contributed by atoms with Gasteiger partial charge >= 0.3 is 0 Å². The zero-order valence-electron chi connectivity index (χ0n) is 25.1. The van der Waals surface area contributed by atoms with Gasteiger partial charge in [0, 0.05) is 44.8 Å². The van der Waals surface area contributed by atoms with Gasteiger partial charge < -0.3 is 15.0 Å². The predicted molar refractivity (Wildman–Crippen MR) is 168 cm³/mol. The average molecular weight is 607 g/mol. The van der Waals surface area contributed by atoms with Gasteiger partial charge in [-0.25, -0.2) is 4.98 Å². The molecule has 1 aliphatic carbocycles. The summed E-state index contributed by atoms with van der Waals surface area (Å²) >= 11 is 0. The SMILES string of the molecule is COc1ccccc1N1CCN(CCc2cccnc2NC(=O)C2CCC(COS(=O)(=O)c3ccc(C)cc3)CC2)CC1. The zero-order chi connectivity index (χ0) is 30.2. The molecule has 2 aliphatic rings. The molecule has 1 aliphatic heterocycles. The third-order valence-corrected chi connectivity index (χ3v) is 9.91. The number of para-hydroxylation sites is 2. The van der Waals surface area contributed by atoms with E-state index in [4.69, 9.17) is 8.92 Å². The van der Waals surface area contributed by atoms with Crippen LogP contribution in [-0.2, 0) is 25.5 Å². The summed E-state index contributed by atoms with van der Waals surface area (Å²) in [7, 11) is -2.07. The number of ether oxygens (including phenoxy) is 1. The molecule has 9 nitrogen and oxygen atoms in total. The monoisotopic (exact) mass is 606 g/mol. The lowest BCUT2D eigenvalue weighted by molar-refractivity contribution is -0.121. The molecule has 0 unspecified atom stereocenters. The van der Waals surface area contributed by atoms with E-state index >= 15 is 0 Å². The molecule has 1 saturated carbocycles. The number of aromatic nitrogens is 1. The number of carbonyl (C=O) groups is 1. The second kappa shape index (κ2) is 14.3. The van der Waals surface area contributed by atoms with E-state index in [0.717, 1.165) is 74.6 Å². The lowest BCUT2D eigenvalue weighted by atomic mass is 9.82. The van der Waals surface area contributed by atoms with Gasteiger partial charge in [0.25, 0.3) is 10.1 Å². The Hall–Kier alpha value is -3.47. The van der Waals surface area contributed by atoms with E-state index in [9.17, 15) is 13.2 Å². The smallest absolute Gasteiger partial charge is 0.296 e. The van der Waals surface area contributed by atoms with Crippen LogP contribution in [0.1, 0.15) is 36.8 Å². The number of anilines is 2. The zero-order valence-corrected chi connectivity index (χ0v) is 25.9. The molecule has 43 heavy (non-hydrogen) atoms. The van der Waals surface area contributed by atoms with Crippen molar-refractivity contribution in [1.29, 1.82) is 0 Å². The Labute approximate surface area is 255 Å². The van der Waals surface area contributed by atoms with Gasteiger partial charge in [0.05, 0.1) is 24.3 Å². The number of rotatable bonds is 11. The number of hydrogen-bond acceptors (Lipinski definition) is 8. The topological polar surface area (TPSA) is 101 Å². The van der Waals surface area contributed by atoms with Crippen LogP contribution < -0.4 is 15.0 Å². The van der Waals surface area contributed by atoms with E-state index in [0.29, 0.717) is 18.7 Å². The highest BCUT2D eigenvalue weighted by Crippen LogP contribution is 2.31. The second-order valence-corrected chi connectivity index (χ2v) is 13.1. The molecule has 230 valence electrons. The maximum atomic E-state index is 13.2. The van der Waals surface area contributed by atoms with Crippen LogP contribution in [0.2, 0.25) is 0 Å². The van der Waals surface area contributed by atoms with Gasteiger partial charge in [-0.05, 0) is 80.8 Å². The van der Waals surface area contributed by atoms with Gasteiger partial charge in [-0.1, -0.05) is 35.9 Å². The Balaban J connectivity index is 1.06. The Morgan fingerprint density at radius 3 is 2.40 bits per heavy atom. The minimum atomic E-state index is -3.78. The van der Waals surface area contributed by atoms with Gasteiger partial charge in [-0.3, -0.25) is 13.9 Å². The normalized spacial score (nSPS) is 19.6. The fourth-order valence-corrected chi connectivity index (χ4v) is 6.88. The number of amides is 1. The summed E-state index contributed by atoms with van der Waals surface area (Å²) in [5, 5.41) is 3.09. The summed E-state index contributed by atoms with van der Waals surface area (Å²) in [6, 6.07) is 18.8. The van der Waals surface area contributed by atoms with Crippen LogP contribution in [0.5, 0.6) is 5.75 Å². The summed E-state index contributed by atoms with van der Waals surface area (Å²) in [4.78, 5) is 22.7. The fraction of sp³-hybridized carbons (Fsp3) is 0.455. The number of benzene rings is 2. The number of piperazine rings is 1. The number of nitrogens with zero attached hydrogens (tertiary/aromatic N) is 3. The van der Waals surface area contributed by atoms with Crippen LogP contribution >= 0.6 is 0 Å². The van der Waals surface area contributed by atoms with Crippen molar-refractivity contribution in [2.75, 3.05) is 56.7 Å². The highest BCUT2D eigenvalue weighted by molar-refractivity contribution is 7.86. The first-order chi connectivity index (χ1) is 20.8. The lowest BCUT2D eigenvalue weighted by Crippen LogP contribution is -2.47. The number of hydrogen-bond donors (Lipinski definition) is 1. The van der Waals surface area contributed by atoms with E-state index in [1.807, 2.05) is 37.3 Å². The van der Waals surface area contributed by atoms with Gasteiger partial charge in [-0.2, -0.15) is 8.42 Å². The van der Waals surface area contributed by atoms with Crippen molar-refractivity contribution in [1.82, 2.24) is 9.88 Å². The lowest BCUT2D eigenvalue weighted by Gasteiger charge is -2.36. The van der Waals surface area contributed by atoms with Crippen molar-refractivity contribution in [3.8, 4) is 5.75 Å². The summed E-state index contributed by atoms with van der Waals surface area (Å²) in [5.74, 6) is 1.51. The van der Waals surface area contributed by atoms with Crippen molar-refractivity contribution in [2.45, 2.75) is 43.9 Å². The van der Waals surface area contributed by atoms with Crippen molar-refractivity contribution in [3.63, 3.8) is 0 Å². The van der Waals surface area contributed by atoms with Crippen LogP contribution in [0.4, 0.5) is 11.5 Å². The second-order valence-electron chi connectivity index (χ2n) is 11.5. The molecule has 10 heteroatoms. The summed E-state index contributed by atoms with van der Waals surface area (Å²) in [6.07, 6.45) is 5.41. The van der Waals surface area contributed by atoms with Gasteiger partial charge in [0.15, 0.2) is 0 Å². The third-order valence-electron chi connectivity index (χ3n) is 8.61. The van der Waals surface area contributed by atoms with E-state index in [1.165, 1.54) is 0 Å². The van der Waals surface area contributed by atoms with E-state index < -0.39 is 10.1 Å². The van der Waals surface area contributed by atoms with Gasteiger partial charge in [0.1, 0.15) is 11.6 Å². The van der Waals surface area contributed by atoms with Crippen LogP contribution in [-0.4, -0.2) is 70.6 Å². The molecule has 0 spiro atoms. The average Bonchev–Trinajstić information content (AvgIpc) is 3.04. The van der Waals surface area contributed by atoms with Crippen LogP contribution in [0.15, 0.2) is 71.8 Å². The molecule has 1 aromatic heterocycles. The first kappa shape index (κ1) is 31.0. The number of pyridine rings is 1. The molecule has 0 atom stereocenters. The molecule has 1 amide bonds. The molecule has 5 rings (SSSR count).